The standard InChI is InChI=1S/C7H13.Y/c1-5-6-7(2,3)4;/h1,6H2,2-4H3;/q-1;. The Morgan fingerprint density at radius 1 is 1.38 bits per heavy atom. The summed E-state index contributed by atoms with van der Waals surface area (Å²) >= 11 is 0. The minimum Gasteiger partial charge on any atom is -0.504 e. The van der Waals surface area contributed by atoms with E-state index in [9.17, 15) is 0 Å². The second-order valence-electron chi connectivity index (χ2n) is 2.99. The van der Waals surface area contributed by atoms with Crippen LogP contribution in [0.5, 0.6) is 0 Å². The molecule has 0 saturated carbocycles. The number of allylic oxidation sites excluding steroid dienone is 1. The van der Waals surface area contributed by atoms with E-state index in [0.29, 0.717) is 5.41 Å². The van der Waals surface area contributed by atoms with Crippen molar-refractivity contribution in [1.82, 2.24) is 0 Å². The van der Waals surface area contributed by atoms with E-state index in [-0.39, 0.29) is 32.7 Å². The van der Waals surface area contributed by atoms with Crippen LogP contribution in [0.2, 0.25) is 0 Å². The van der Waals surface area contributed by atoms with Crippen LogP contribution in [0, 0.1) is 11.5 Å². The summed E-state index contributed by atoms with van der Waals surface area (Å²) < 4.78 is 0. The van der Waals surface area contributed by atoms with Crippen LogP contribution in [0.1, 0.15) is 27.2 Å². The number of hydrogen-bond donors (Lipinski definition) is 0. The van der Waals surface area contributed by atoms with Crippen molar-refractivity contribution in [2.24, 2.45) is 5.41 Å². The average molecular weight is 186 g/mol. The molecule has 0 atom stereocenters. The summed E-state index contributed by atoms with van der Waals surface area (Å²) in [7, 11) is 0. The molecule has 0 bridgehead atoms. The molecule has 0 aromatic carbocycles. The van der Waals surface area contributed by atoms with Crippen LogP contribution in [-0.4, -0.2) is 0 Å². The van der Waals surface area contributed by atoms with Gasteiger partial charge in [0, 0.05) is 32.7 Å². The van der Waals surface area contributed by atoms with Gasteiger partial charge < -0.3 is 6.08 Å². The van der Waals surface area contributed by atoms with E-state index in [2.05, 4.69) is 33.4 Å². The Hall–Kier alpha value is 0.844. The number of hydrogen-bond acceptors (Lipinski definition) is 0. The second kappa shape index (κ2) is 4.70. The molecule has 0 aliphatic carbocycles. The van der Waals surface area contributed by atoms with E-state index in [0.717, 1.165) is 6.42 Å². The first-order valence-corrected chi connectivity index (χ1v) is 2.56. The molecule has 0 N–H and O–H groups in total. The SMILES string of the molecule is C=[C-]CC(C)(C)C.[Y]. The van der Waals surface area contributed by atoms with Crippen LogP contribution < -0.4 is 0 Å². The van der Waals surface area contributed by atoms with Crippen molar-refractivity contribution in [3.63, 3.8) is 0 Å². The third-order valence-corrected chi connectivity index (χ3v) is 0.655. The van der Waals surface area contributed by atoms with Gasteiger partial charge >= 0.3 is 0 Å². The number of rotatable bonds is 1. The quantitative estimate of drug-likeness (QED) is 0.551. The van der Waals surface area contributed by atoms with Crippen molar-refractivity contribution in [3.05, 3.63) is 12.7 Å². The summed E-state index contributed by atoms with van der Waals surface area (Å²) in [5.41, 5.74) is 0.377. The fraction of sp³-hybridized carbons (Fsp3) is 0.714. The molecule has 1 heteroatoms. The Bertz CT molecular complexity index is 59.3. The maximum absolute atomic E-state index is 3.52. The molecular formula is C7H13Y-. The van der Waals surface area contributed by atoms with Crippen LogP contribution in [0.15, 0.2) is 6.58 Å². The molecule has 0 spiro atoms. The monoisotopic (exact) mass is 186 g/mol. The smallest absolute Gasteiger partial charge is 0 e. The van der Waals surface area contributed by atoms with Crippen LogP contribution in [-0.2, 0) is 32.7 Å². The van der Waals surface area contributed by atoms with Crippen molar-refractivity contribution in [3.8, 4) is 0 Å². The molecule has 0 aromatic heterocycles. The fourth-order valence-electron chi connectivity index (χ4n) is 0.375. The second-order valence-corrected chi connectivity index (χ2v) is 2.99. The summed E-state index contributed by atoms with van der Waals surface area (Å²) in [6.07, 6.45) is 3.84. The van der Waals surface area contributed by atoms with Gasteiger partial charge in [0.05, 0.1) is 0 Å². The van der Waals surface area contributed by atoms with Gasteiger partial charge in [-0.15, -0.1) is 0 Å². The zero-order valence-corrected chi connectivity index (χ0v) is 8.83. The van der Waals surface area contributed by atoms with E-state index in [4.69, 9.17) is 0 Å². The van der Waals surface area contributed by atoms with Gasteiger partial charge in [0.1, 0.15) is 0 Å². The molecule has 0 amide bonds. The molecule has 0 aliphatic heterocycles. The topological polar surface area (TPSA) is 0 Å². The normalized spacial score (nSPS) is 9.88. The van der Waals surface area contributed by atoms with Crippen LogP contribution in [0.25, 0.3) is 0 Å². The van der Waals surface area contributed by atoms with E-state index in [1.54, 1.807) is 0 Å². The maximum atomic E-state index is 3.52. The summed E-state index contributed by atoms with van der Waals surface area (Å²) in [6, 6.07) is 0. The molecule has 0 aromatic rings. The van der Waals surface area contributed by atoms with Gasteiger partial charge in [-0.05, 0) is 0 Å². The average Bonchev–Trinajstić information content (AvgIpc) is 1.30. The van der Waals surface area contributed by atoms with Crippen LogP contribution >= 0.6 is 0 Å². The predicted molar refractivity (Wildman–Crippen MR) is 32.9 cm³/mol. The molecule has 0 heterocycles. The van der Waals surface area contributed by atoms with Crippen LogP contribution in [0.3, 0.4) is 0 Å². The molecule has 0 unspecified atom stereocenters. The molecule has 1 radical (unpaired) electrons. The summed E-state index contributed by atoms with van der Waals surface area (Å²) in [4.78, 5) is 0. The van der Waals surface area contributed by atoms with Gasteiger partial charge in [0.15, 0.2) is 0 Å². The third-order valence-electron chi connectivity index (χ3n) is 0.655. The van der Waals surface area contributed by atoms with Crippen molar-refractivity contribution in [1.29, 1.82) is 0 Å². The molecule has 0 saturated heterocycles. The third kappa shape index (κ3) is 9.96. The van der Waals surface area contributed by atoms with E-state index < -0.39 is 0 Å². The molecule has 0 fully saturated rings. The summed E-state index contributed by atoms with van der Waals surface area (Å²) in [5.74, 6) is 0. The zero-order chi connectivity index (χ0) is 5.91. The van der Waals surface area contributed by atoms with Crippen LogP contribution in [0.4, 0.5) is 0 Å². The van der Waals surface area contributed by atoms with Crippen molar-refractivity contribution >= 4 is 0 Å². The van der Waals surface area contributed by atoms with E-state index >= 15 is 0 Å². The zero-order valence-electron chi connectivity index (χ0n) is 5.99. The Balaban J connectivity index is 0. The molecule has 0 rings (SSSR count). The largest absolute Gasteiger partial charge is 0.504 e. The Morgan fingerprint density at radius 3 is 1.75 bits per heavy atom. The molecule has 45 valence electrons. The van der Waals surface area contributed by atoms with Gasteiger partial charge in [-0.3, -0.25) is 6.58 Å². The van der Waals surface area contributed by atoms with Crippen molar-refractivity contribution in [2.45, 2.75) is 27.2 Å². The van der Waals surface area contributed by atoms with Gasteiger partial charge in [-0.1, -0.05) is 26.2 Å². The van der Waals surface area contributed by atoms with E-state index in [1.165, 1.54) is 0 Å². The maximum Gasteiger partial charge on any atom is 0 e. The van der Waals surface area contributed by atoms with E-state index in [1.807, 2.05) is 0 Å². The molecule has 8 heavy (non-hydrogen) atoms. The first-order chi connectivity index (χ1) is 3.06. The summed E-state index contributed by atoms with van der Waals surface area (Å²) in [6.45, 7) is 10.0. The minimum atomic E-state index is 0. The fourth-order valence-corrected chi connectivity index (χ4v) is 0.375. The molecule has 0 aliphatic rings. The summed E-state index contributed by atoms with van der Waals surface area (Å²) in [5, 5.41) is 0. The predicted octanol–water partition coefficient (Wildman–Crippen LogP) is 2.41. The Morgan fingerprint density at radius 2 is 1.75 bits per heavy atom. The van der Waals surface area contributed by atoms with Crippen molar-refractivity contribution < 1.29 is 32.7 Å². The molecule has 0 nitrogen and oxygen atoms in total. The Kier molecular flexibility index (Phi) is 6.82. The van der Waals surface area contributed by atoms with Gasteiger partial charge in [0.2, 0.25) is 0 Å². The minimum absolute atomic E-state index is 0. The first-order valence-electron chi connectivity index (χ1n) is 2.56. The Labute approximate surface area is 77.6 Å². The van der Waals surface area contributed by atoms with Crippen molar-refractivity contribution in [2.75, 3.05) is 0 Å². The first kappa shape index (κ1) is 11.6. The van der Waals surface area contributed by atoms with Gasteiger partial charge in [0.25, 0.3) is 0 Å². The van der Waals surface area contributed by atoms with Gasteiger partial charge in [-0.25, -0.2) is 0 Å². The molecular weight excluding hydrogens is 173 g/mol. The van der Waals surface area contributed by atoms with Gasteiger partial charge in [-0.2, -0.15) is 6.42 Å².